The van der Waals surface area contributed by atoms with Crippen LogP contribution < -0.4 is 43.8 Å². The Morgan fingerprint density at radius 2 is 1.28 bits per heavy atom. The molecule has 0 aliphatic carbocycles. The number of rotatable bonds is 20. The van der Waals surface area contributed by atoms with Crippen LogP contribution in [0.25, 0.3) is 0 Å². The van der Waals surface area contributed by atoms with Crippen LogP contribution in [0.1, 0.15) is 63.9 Å². The summed E-state index contributed by atoms with van der Waals surface area (Å²) in [6.07, 6.45) is 2.83. The fourth-order valence-corrected chi connectivity index (χ4v) is 7.75. The number of hydrogen-bond acceptors (Lipinski definition) is 11. The van der Waals surface area contributed by atoms with E-state index >= 15 is 0 Å². The Balaban J connectivity index is 1.34. The highest BCUT2D eigenvalue weighted by molar-refractivity contribution is 5.97. The number of carboxylic acids is 1. The molecule has 3 fully saturated rings. The van der Waals surface area contributed by atoms with E-state index in [1.807, 2.05) is 0 Å². The molecule has 22 nitrogen and oxygen atoms in total. The number of carbonyl (C=O) groups is 9. The second kappa shape index (κ2) is 22.9. The van der Waals surface area contributed by atoms with Crippen molar-refractivity contribution in [1.82, 2.24) is 41.3 Å². The van der Waals surface area contributed by atoms with Crippen LogP contribution in [0.3, 0.4) is 0 Å². The molecule has 22 heteroatoms. The average molecular weight is 855 g/mol. The molecule has 334 valence electrons. The lowest BCUT2D eigenvalue weighted by atomic mass is 10.0. The highest BCUT2D eigenvalue weighted by Crippen LogP contribution is 2.22. The number of nitrogens with two attached hydrogens (primary N) is 3. The number of aliphatic imine (C=N–C) groups is 1. The van der Waals surface area contributed by atoms with Gasteiger partial charge in [-0.1, -0.05) is 30.3 Å². The van der Waals surface area contributed by atoms with Crippen molar-refractivity contribution >= 4 is 59.2 Å². The van der Waals surface area contributed by atoms with E-state index in [4.69, 9.17) is 17.2 Å². The second-order valence-corrected chi connectivity index (χ2v) is 15.2. The molecule has 0 bridgehead atoms. The highest BCUT2D eigenvalue weighted by Gasteiger charge is 2.40. The Kier molecular flexibility index (Phi) is 17.8. The molecule has 12 N–H and O–H groups in total. The SMILES string of the molecule is C[C@H](NC(=O)CN)C(=O)N1CCC[C@H]1C(=O)NCC(=O)N[C@@H](Cc1ccccc1)C(=O)N1CCC[C@H]1C(=O)NCC(=O)N1CCC[C@H]1C(=O)N[C@@H](CCCN=C(N)N)C(=O)O. The van der Waals surface area contributed by atoms with Gasteiger partial charge in [0.1, 0.15) is 36.3 Å². The molecule has 3 saturated heterocycles. The number of amides is 8. The van der Waals surface area contributed by atoms with E-state index in [1.54, 1.807) is 30.3 Å². The van der Waals surface area contributed by atoms with Gasteiger partial charge in [0.05, 0.1) is 19.6 Å². The maximum absolute atomic E-state index is 14.1. The molecular formula is C39H58N12O10. The van der Waals surface area contributed by atoms with Crippen LogP contribution in [-0.2, 0) is 49.6 Å². The van der Waals surface area contributed by atoms with Gasteiger partial charge in [0.15, 0.2) is 5.96 Å². The first-order valence-electron chi connectivity index (χ1n) is 20.5. The summed E-state index contributed by atoms with van der Waals surface area (Å²) >= 11 is 0. The molecule has 3 heterocycles. The largest absolute Gasteiger partial charge is 0.480 e. The maximum Gasteiger partial charge on any atom is 0.326 e. The lowest BCUT2D eigenvalue weighted by Crippen LogP contribution is -2.57. The number of aliphatic carboxylic acids is 1. The molecule has 0 saturated carbocycles. The Morgan fingerprint density at radius 3 is 1.85 bits per heavy atom. The molecule has 0 spiro atoms. The minimum absolute atomic E-state index is 0.0554. The third-order valence-corrected chi connectivity index (χ3v) is 10.8. The molecule has 4 rings (SSSR count). The number of carboxylic acid groups (broad SMARTS) is 1. The summed E-state index contributed by atoms with van der Waals surface area (Å²) in [6.45, 7) is 1.08. The van der Waals surface area contributed by atoms with E-state index in [1.165, 1.54) is 21.6 Å². The summed E-state index contributed by atoms with van der Waals surface area (Å²) in [4.78, 5) is 125. The molecule has 0 radical (unpaired) electrons. The molecule has 0 aromatic heterocycles. The number of carbonyl (C=O) groups excluding carboxylic acids is 8. The predicted octanol–water partition coefficient (Wildman–Crippen LogP) is -3.99. The molecule has 1 aromatic carbocycles. The Bertz CT molecular complexity index is 1810. The fourth-order valence-electron chi connectivity index (χ4n) is 7.75. The van der Waals surface area contributed by atoms with Gasteiger partial charge in [-0.2, -0.15) is 0 Å². The minimum Gasteiger partial charge on any atom is -0.480 e. The number of nitrogens with one attached hydrogen (secondary N) is 5. The number of nitrogens with zero attached hydrogens (tertiary/aromatic N) is 4. The van der Waals surface area contributed by atoms with Crippen molar-refractivity contribution in [3.8, 4) is 0 Å². The first kappa shape index (κ1) is 47.4. The van der Waals surface area contributed by atoms with E-state index in [9.17, 15) is 48.3 Å². The number of likely N-dealkylation sites (tertiary alicyclic amines) is 3. The van der Waals surface area contributed by atoms with E-state index in [-0.39, 0.29) is 64.4 Å². The first-order valence-corrected chi connectivity index (χ1v) is 20.5. The predicted molar refractivity (Wildman–Crippen MR) is 218 cm³/mol. The summed E-state index contributed by atoms with van der Waals surface area (Å²) in [7, 11) is 0. The van der Waals surface area contributed by atoms with E-state index < -0.39 is 103 Å². The quantitative estimate of drug-likeness (QED) is 0.0344. The normalized spacial score (nSPS) is 19.8. The van der Waals surface area contributed by atoms with E-state index in [0.717, 1.165) is 5.56 Å². The third kappa shape index (κ3) is 13.6. The molecule has 6 atom stereocenters. The maximum atomic E-state index is 14.1. The third-order valence-electron chi connectivity index (χ3n) is 10.8. The Labute approximate surface area is 353 Å². The van der Waals surface area contributed by atoms with Crippen molar-refractivity contribution in [2.45, 2.75) is 101 Å². The van der Waals surface area contributed by atoms with E-state index in [2.05, 4.69) is 31.6 Å². The molecule has 61 heavy (non-hydrogen) atoms. The zero-order valence-electron chi connectivity index (χ0n) is 34.3. The molecule has 3 aliphatic heterocycles. The van der Waals surface area contributed by atoms with Crippen LogP contribution in [0.15, 0.2) is 35.3 Å². The fraction of sp³-hybridized carbons (Fsp3) is 0.590. The van der Waals surface area contributed by atoms with Gasteiger partial charge in [0.2, 0.25) is 47.3 Å². The number of benzene rings is 1. The minimum atomic E-state index is -1.25. The van der Waals surface area contributed by atoms with Crippen LogP contribution in [0.4, 0.5) is 0 Å². The summed E-state index contributed by atoms with van der Waals surface area (Å²) in [5.74, 6) is -5.98. The van der Waals surface area contributed by atoms with Gasteiger partial charge in [-0.25, -0.2) is 4.79 Å². The Morgan fingerprint density at radius 1 is 0.721 bits per heavy atom. The molecule has 8 amide bonds. The van der Waals surface area contributed by atoms with Crippen molar-refractivity contribution in [3.05, 3.63) is 35.9 Å². The number of hydrogen-bond donors (Lipinski definition) is 9. The van der Waals surface area contributed by atoms with Gasteiger partial charge in [0.25, 0.3) is 0 Å². The lowest BCUT2D eigenvalue weighted by molar-refractivity contribution is -0.144. The zero-order valence-corrected chi connectivity index (χ0v) is 34.3. The smallest absolute Gasteiger partial charge is 0.326 e. The molecule has 3 aliphatic rings. The summed E-state index contributed by atoms with van der Waals surface area (Å²) in [5, 5.41) is 22.5. The van der Waals surface area contributed by atoms with E-state index in [0.29, 0.717) is 32.1 Å². The molecule has 1 aromatic rings. The summed E-state index contributed by atoms with van der Waals surface area (Å²) < 4.78 is 0. The molecular weight excluding hydrogens is 797 g/mol. The van der Waals surface area contributed by atoms with Crippen molar-refractivity contribution in [2.24, 2.45) is 22.2 Å². The zero-order chi connectivity index (χ0) is 44.6. The van der Waals surface area contributed by atoms with Crippen LogP contribution in [-0.4, -0.2) is 161 Å². The van der Waals surface area contributed by atoms with Gasteiger partial charge >= 0.3 is 5.97 Å². The van der Waals surface area contributed by atoms with Crippen molar-refractivity contribution in [1.29, 1.82) is 0 Å². The summed E-state index contributed by atoms with van der Waals surface area (Å²) in [6, 6.07) is 2.84. The first-order chi connectivity index (χ1) is 29.1. The standard InChI is InChI=1S/C39H58N12O10/c1-23(46-30(52)20-40)36(58)50-17-7-12-27(50)33(55)44-21-31(53)47-26(19-24-9-3-2-4-10-24)37(59)51-18-8-13-28(51)34(56)45-22-32(54)49-16-6-14-29(49)35(57)48-25(38(60)61)11-5-15-43-39(41)42/h2-4,9-10,23,25-29H,5-8,11-22,40H2,1H3,(H,44,55)(H,45,56)(H,46,52)(H,47,53)(H,48,57)(H,60,61)(H4,41,42,43)/t23-,25-,26-,27-,28-,29-/m0/s1. The lowest BCUT2D eigenvalue weighted by Gasteiger charge is -2.29. The van der Waals surface area contributed by atoms with Gasteiger partial charge in [-0.3, -0.25) is 43.3 Å². The van der Waals surface area contributed by atoms with Crippen LogP contribution in [0.5, 0.6) is 0 Å². The van der Waals surface area contributed by atoms with Crippen LogP contribution >= 0.6 is 0 Å². The molecule has 0 unspecified atom stereocenters. The topological polar surface area (TPSA) is 334 Å². The van der Waals surface area contributed by atoms with Gasteiger partial charge in [-0.05, 0) is 63.9 Å². The highest BCUT2D eigenvalue weighted by atomic mass is 16.4. The van der Waals surface area contributed by atoms with Crippen molar-refractivity contribution in [3.63, 3.8) is 0 Å². The van der Waals surface area contributed by atoms with Crippen LogP contribution in [0.2, 0.25) is 0 Å². The Hall–Kier alpha value is -6.32. The average Bonchev–Trinajstić information content (AvgIpc) is 4.04. The monoisotopic (exact) mass is 854 g/mol. The summed E-state index contributed by atoms with van der Waals surface area (Å²) in [5.41, 5.74) is 16.7. The van der Waals surface area contributed by atoms with Gasteiger partial charge in [0, 0.05) is 32.6 Å². The van der Waals surface area contributed by atoms with Gasteiger partial charge in [-0.15, -0.1) is 0 Å². The van der Waals surface area contributed by atoms with Crippen molar-refractivity contribution < 1.29 is 48.3 Å². The number of guanidine groups is 1. The van der Waals surface area contributed by atoms with Crippen molar-refractivity contribution in [2.75, 3.05) is 45.8 Å². The van der Waals surface area contributed by atoms with Gasteiger partial charge < -0.3 is 63.6 Å². The second-order valence-electron chi connectivity index (χ2n) is 15.2. The van der Waals surface area contributed by atoms with Crippen LogP contribution in [0, 0.1) is 0 Å².